The molecule has 3 nitrogen and oxygen atoms in total. The van der Waals surface area contributed by atoms with Crippen LogP contribution in [0, 0.1) is 0 Å². The second-order valence-corrected chi connectivity index (χ2v) is 17.0. The zero-order valence-electron chi connectivity index (χ0n) is 34.1. The lowest BCUT2D eigenvalue weighted by atomic mass is 9.96. The summed E-state index contributed by atoms with van der Waals surface area (Å²) < 4.78 is 2.54. The fraction of sp³-hybridized carbons (Fsp3) is 0. The van der Waals surface area contributed by atoms with Gasteiger partial charge in [-0.2, -0.15) is 0 Å². The van der Waals surface area contributed by atoms with Crippen LogP contribution in [0.2, 0.25) is 0 Å². The Bertz CT molecular complexity index is 3550. The number of hydrogen-bond acceptors (Lipinski definition) is 4. The first-order valence-corrected chi connectivity index (χ1v) is 22.1. The average molecular weight is 820 g/mol. The highest BCUT2D eigenvalue weighted by Gasteiger charge is 2.18. The average Bonchev–Trinajstić information content (AvgIpc) is 3.76. The molecule has 9 aromatic carbocycles. The number of aromatic nitrogens is 3. The number of benzene rings is 9. The Kier molecular flexibility index (Phi) is 9.02. The van der Waals surface area contributed by atoms with E-state index in [2.05, 4.69) is 212 Å². The molecule has 0 aliphatic heterocycles. The van der Waals surface area contributed by atoms with Crippen LogP contribution in [0.4, 0.5) is 0 Å². The molecule has 0 saturated heterocycles. The zero-order chi connectivity index (χ0) is 41.7. The first-order chi connectivity index (χ1) is 31.2. The summed E-state index contributed by atoms with van der Waals surface area (Å²) in [6.07, 6.45) is 0. The molecule has 12 rings (SSSR count). The van der Waals surface area contributed by atoms with Gasteiger partial charge >= 0.3 is 0 Å². The first kappa shape index (κ1) is 36.8. The number of hydrogen-bond donors (Lipinski definition) is 0. The molecule has 0 aliphatic rings. The number of thiophene rings is 1. The van der Waals surface area contributed by atoms with Crippen LogP contribution in [-0.4, -0.2) is 15.0 Å². The van der Waals surface area contributed by atoms with Gasteiger partial charge in [-0.05, 0) is 80.6 Å². The highest BCUT2D eigenvalue weighted by Crippen LogP contribution is 2.44. The van der Waals surface area contributed by atoms with Crippen molar-refractivity contribution >= 4 is 53.2 Å². The molecule has 4 heteroatoms. The third-order valence-electron chi connectivity index (χ3n) is 12.1. The number of pyridine rings is 1. The third-order valence-corrected chi connectivity index (χ3v) is 13.3. The quantitative estimate of drug-likeness (QED) is 0.150. The van der Waals surface area contributed by atoms with E-state index >= 15 is 0 Å². The van der Waals surface area contributed by atoms with Gasteiger partial charge in [-0.3, -0.25) is 0 Å². The van der Waals surface area contributed by atoms with E-state index in [0.717, 1.165) is 61.5 Å². The van der Waals surface area contributed by atoms with Gasteiger partial charge in [-0.1, -0.05) is 188 Å². The number of rotatable bonds is 7. The third kappa shape index (κ3) is 6.84. The van der Waals surface area contributed by atoms with Crippen LogP contribution in [0.1, 0.15) is 0 Å². The summed E-state index contributed by atoms with van der Waals surface area (Å²) in [7, 11) is 0. The molecule has 0 spiro atoms. The van der Waals surface area contributed by atoms with E-state index in [1.807, 2.05) is 23.5 Å². The Hall–Kier alpha value is -8.05. The molecule has 294 valence electrons. The minimum absolute atomic E-state index is 0.684. The van der Waals surface area contributed by atoms with Crippen molar-refractivity contribution in [3.8, 4) is 78.5 Å². The molecule has 0 N–H and O–H groups in total. The van der Waals surface area contributed by atoms with Crippen LogP contribution < -0.4 is 0 Å². The van der Waals surface area contributed by atoms with Crippen LogP contribution >= 0.6 is 11.3 Å². The van der Waals surface area contributed by atoms with Crippen molar-refractivity contribution in [3.63, 3.8) is 0 Å². The molecule has 0 amide bonds. The second kappa shape index (κ2) is 15.4. The summed E-state index contributed by atoms with van der Waals surface area (Å²) in [4.78, 5) is 15.9. The van der Waals surface area contributed by atoms with Crippen molar-refractivity contribution in [2.24, 2.45) is 0 Å². The minimum Gasteiger partial charge on any atom is -0.247 e. The Labute approximate surface area is 369 Å². The molecule has 0 unspecified atom stereocenters. The standard InChI is InChI=1S/C59H37N3S/c1-3-13-38(14-4-1)40-25-29-42(30-26-40)52-37-53(62-59(61-52)43-31-27-41(28-32-43)39-15-5-2-6-16-39)48-21-11-19-44(33-48)45-20-12-22-49(34-45)57-56-50-23-9-10-24-55(50)63-58(56)51-35-46-17-7-8-18-47(46)36-54(51)60-57/h1-37H. The van der Waals surface area contributed by atoms with Crippen LogP contribution in [0.5, 0.6) is 0 Å². The highest BCUT2D eigenvalue weighted by atomic mass is 32.1. The van der Waals surface area contributed by atoms with Crippen LogP contribution in [0.3, 0.4) is 0 Å². The van der Waals surface area contributed by atoms with Gasteiger partial charge in [0.15, 0.2) is 5.82 Å². The van der Waals surface area contributed by atoms with E-state index < -0.39 is 0 Å². The van der Waals surface area contributed by atoms with Crippen molar-refractivity contribution < 1.29 is 0 Å². The highest BCUT2D eigenvalue weighted by molar-refractivity contribution is 7.26. The smallest absolute Gasteiger partial charge is 0.160 e. The summed E-state index contributed by atoms with van der Waals surface area (Å²) in [6, 6.07) is 79.7. The zero-order valence-corrected chi connectivity index (χ0v) is 34.9. The lowest BCUT2D eigenvalue weighted by Gasteiger charge is -2.12. The van der Waals surface area contributed by atoms with Gasteiger partial charge < -0.3 is 0 Å². The van der Waals surface area contributed by atoms with Gasteiger partial charge in [0.2, 0.25) is 0 Å². The van der Waals surface area contributed by atoms with E-state index in [9.17, 15) is 0 Å². The van der Waals surface area contributed by atoms with Crippen LogP contribution in [0.25, 0.3) is 120 Å². The van der Waals surface area contributed by atoms with Crippen molar-refractivity contribution in [1.29, 1.82) is 0 Å². The van der Waals surface area contributed by atoms with Gasteiger partial charge in [0, 0.05) is 47.8 Å². The SMILES string of the molecule is c1ccc(-c2ccc(-c3cc(-c4cccc(-c5cccc(-c6nc7cc8ccccc8cc7c7sc8ccccc8c67)c5)c4)nc(-c4ccc(-c5ccccc5)cc4)n3)cc2)cc1. The minimum atomic E-state index is 0.684. The largest absolute Gasteiger partial charge is 0.247 e. The van der Waals surface area contributed by atoms with E-state index in [1.165, 1.54) is 53.0 Å². The fourth-order valence-corrected chi connectivity index (χ4v) is 10.1. The molecule has 0 fully saturated rings. The normalized spacial score (nSPS) is 11.5. The predicted molar refractivity (Wildman–Crippen MR) is 266 cm³/mol. The van der Waals surface area contributed by atoms with Crippen molar-refractivity contribution in [1.82, 2.24) is 15.0 Å². The van der Waals surface area contributed by atoms with Gasteiger partial charge in [0.1, 0.15) is 0 Å². The molecule has 63 heavy (non-hydrogen) atoms. The molecular weight excluding hydrogens is 783 g/mol. The molecule has 0 bridgehead atoms. The van der Waals surface area contributed by atoms with Crippen LogP contribution in [0.15, 0.2) is 224 Å². The lowest BCUT2D eigenvalue weighted by Crippen LogP contribution is -1.96. The summed E-state index contributed by atoms with van der Waals surface area (Å²) >= 11 is 1.85. The Morgan fingerprint density at radius 3 is 1.48 bits per heavy atom. The molecule has 3 heterocycles. The Morgan fingerprint density at radius 2 is 0.794 bits per heavy atom. The van der Waals surface area contributed by atoms with E-state index in [1.54, 1.807) is 0 Å². The Morgan fingerprint density at radius 1 is 0.302 bits per heavy atom. The van der Waals surface area contributed by atoms with Gasteiger partial charge in [-0.25, -0.2) is 15.0 Å². The lowest BCUT2D eigenvalue weighted by molar-refractivity contribution is 1.18. The first-order valence-electron chi connectivity index (χ1n) is 21.2. The second-order valence-electron chi connectivity index (χ2n) is 16.0. The van der Waals surface area contributed by atoms with E-state index in [-0.39, 0.29) is 0 Å². The van der Waals surface area contributed by atoms with E-state index in [0.29, 0.717) is 5.82 Å². The molecule has 12 aromatic rings. The summed E-state index contributed by atoms with van der Waals surface area (Å²) in [6.45, 7) is 0. The summed E-state index contributed by atoms with van der Waals surface area (Å²) in [5, 5.41) is 6.06. The summed E-state index contributed by atoms with van der Waals surface area (Å²) in [5.41, 5.74) is 14.8. The number of fused-ring (bicyclic) bond motifs is 6. The molecular formula is C59H37N3S. The predicted octanol–water partition coefficient (Wildman–Crippen LogP) is 16.2. The van der Waals surface area contributed by atoms with Gasteiger partial charge in [0.25, 0.3) is 0 Å². The molecule has 0 atom stereocenters. The van der Waals surface area contributed by atoms with Crippen molar-refractivity contribution in [2.75, 3.05) is 0 Å². The number of nitrogens with zero attached hydrogens (tertiary/aromatic N) is 3. The Balaban J connectivity index is 0.966. The summed E-state index contributed by atoms with van der Waals surface area (Å²) in [5.74, 6) is 0.684. The van der Waals surface area contributed by atoms with Gasteiger partial charge in [-0.15, -0.1) is 11.3 Å². The maximum atomic E-state index is 5.46. The molecule has 0 aliphatic carbocycles. The topological polar surface area (TPSA) is 38.7 Å². The monoisotopic (exact) mass is 819 g/mol. The van der Waals surface area contributed by atoms with Crippen LogP contribution in [-0.2, 0) is 0 Å². The van der Waals surface area contributed by atoms with E-state index in [4.69, 9.17) is 15.0 Å². The van der Waals surface area contributed by atoms with Crippen molar-refractivity contribution in [2.45, 2.75) is 0 Å². The maximum Gasteiger partial charge on any atom is 0.160 e. The fourth-order valence-electron chi connectivity index (χ4n) is 8.84. The van der Waals surface area contributed by atoms with Crippen molar-refractivity contribution in [3.05, 3.63) is 224 Å². The molecule has 0 radical (unpaired) electrons. The maximum absolute atomic E-state index is 5.46. The molecule has 3 aromatic heterocycles. The molecule has 0 saturated carbocycles. The van der Waals surface area contributed by atoms with Gasteiger partial charge in [0.05, 0.1) is 22.6 Å².